The van der Waals surface area contributed by atoms with Gasteiger partial charge in [0.05, 0.1) is 5.84 Å². The summed E-state index contributed by atoms with van der Waals surface area (Å²) in [6.07, 6.45) is 1.83. The van der Waals surface area contributed by atoms with Crippen LogP contribution in [0.25, 0.3) is 0 Å². The first kappa shape index (κ1) is 12.6. The van der Waals surface area contributed by atoms with Crippen LogP contribution in [-0.2, 0) is 0 Å². The summed E-state index contributed by atoms with van der Waals surface area (Å²) in [6.45, 7) is 3.33. The first-order chi connectivity index (χ1) is 8.58. The summed E-state index contributed by atoms with van der Waals surface area (Å²) < 4.78 is 0. The Bertz CT molecular complexity index is 453. The molecule has 0 radical (unpaired) electrons. The molecule has 1 unspecified atom stereocenters. The van der Waals surface area contributed by atoms with E-state index in [9.17, 15) is 4.79 Å². The maximum Gasteiger partial charge on any atom is 0.253 e. The summed E-state index contributed by atoms with van der Waals surface area (Å²) in [7, 11) is 0. The van der Waals surface area contributed by atoms with Gasteiger partial charge in [0.25, 0.3) is 5.91 Å². The van der Waals surface area contributed by atoms with Gasteiger partial charge >= 0.3 is 0 Å². The molecule has 1 aliphatic heterocycles. The molecule has 1 aromatic rings. The molecule has 1 aromatic carbocycles. The van der Waals surface area contributed by atoms with Crippen molar-refractivity contribution in [3.63, 3.8) is 0 Å². The van der Waals surface area contributed by atoms with Crippen LogP contribution in [0.2, 0.25) is 0 Å². The van der Waals surface area contributed by atoms with Crippen LogP contribution in [0.15, 0.2) is 24.3 Å². The molecule has 0 aromatic heterocycles. The van der Waals surface area contributed by atoms with Gasteiger partial charge in [-0.25, -0.2) is 0 Å². The van der Waals surface area contributed by atoms with Crippen LogP contribution >= 0.6 is 0 Å². The summed E-state index contributed by atoms with van der Waals surface area (Å²) in [6, 6.07) is 7.60. The Labute approximate surface area is 107 Å². The van der Waals surface area contributed by atoms with Gasteiger partial charge in [-0.3, -0.25) is 10.2 Å². The van der Waals surface area contributed by atoms with Gasteiger partial charge in [-0.05, 0) is 31.9 Å². The van der Waals surface area contributed by atoms with Gasteiger partial charge in [0, 0.05) is 24.6 Å². The number of nitrogens with one attached hydrogen (secondary N) is 1. The Morgan fingerprint density at radius 2 is 2.06 bits per heavy atom. The second kappa shape index (κ2) is 5.21. The van der Waals surface area contributed by atoms with Crippen LogP contribution in [0.3, 0.4) is 0 Å². The Balaban J connectivity index is 2.09. The maximum atomic E-state index is 12.3. The lowest BCUT2D eigenvalue weighted by Gasteiger charge is -2.32. The summed E-state index contributed by atoms with van der Waals surface area (Å²) in [5.41, 5.74) is 7.39. The number of rotatable bonds is 2. The molecule has 2 rings (SSSR count). The van der Waals surface area contributed by atoms with Gasteiger partial charge < -0.3 is 10.6 Å². The Hall–Kier alpha value is -1.84. The van der Waals surface area contributed by atoms with Crippen molar-refractivity contribution in [1.82, 2.24) is 4.90 Å². The largest absolute Gasteiger partial charge is 0.387 e. The van der Waals surface area contributed by atoms with E-state index >= 15 is 0 Å². The average molecular weight is 245 g/mol. The number of amides is 1. The number of carbonyl (C=O) groups excluding carboxylic acids is 1. The highest BCUT2D eigenvalue weighted by Crippen LogP contribution is 2.18. The number of carbonyl (C=O) groups is 1. The zero-order valence-corrected chi connectivity index (χ0v) is 10.6. The number of likely N-dealkylation sites (tertiary alicyclic amines) is 1. The van der Waals surface area contributed by atoms with Gasteiger partial charge in [-0.15, -0.1) is 0 Å². The van der Waals surface area contributed by atoms with Crippen molar-refractivity contribution in [3.8, 4) is 0 Å². The molecule has 1 atom stereocenters. The first-order valence-corrected chi connectivity index (χ1v) is 6.28. The van der Waals surface area contributed by atoms with E-state index in [4.69, 9.17) is 11.1 Å². The van der Waals surface area contributed by atoms with Gasteiger partial charge in [0.1, 0.15) is 0 Å². The quantitative estimate of drug-likeness (QED) is 0.616. The first-order valence-electron chi connectivity index (χ1n) is 6.28. The monoisotopic (exact) mass is 245 g/mol. The zero-order valence-electron chi connectivity index (χ0n) is 10.6. The summed E-state index contributed by atoms with van der Waals surface area (Å²) in [5, 5.41) is 7.49. The highest BCUT2D eigenvalue weighted by molar-refractivity contribution is 5.94. The lowest BCUT2D eigenvalue weighted by molar-refractivity contribution is 0.0702. The maximum absolute atomic E-state index is 12.3. The van der Waals surface area contributed by atoms with Gasteiger partial charge in [0.15, 0.2) is 0 Å². The highest BCUT2D eigenvalue weighted by Gasteiger charge is 2.25. The van der Waals surface area contributed by atoms with E-state index < -0.39 is 0 Å². The standard InChI is InChI=1S/C14H19N3O/c1-10-4-6-11(7-5-10)14(18)17-8-2-3-12(9-17)13(15)16/h4-7,12H,2-3,8-9H2,1H3,(H3,15,16). The lowest BCUT2D eigenvalue weighted by Crippen LogP contribution is -2.43. The van der Waals surface area contributed by atoms with Crippen LogP contribution in [-0.4, -0.2) is 29.7 Å². The molecule has 4 heteroatoms. The molecule has 1 heterocycles. The molecule has 1 saturated heterocycles. The third-order valence-electron chi connectivity index (χ3n) is 3.45. The summed E-state index contributed by atoms with van der Waals surface area (Å²) in [4.78, 5) is 14.1. The van der Waals surface area contributed by atoms with Crippen molar-refractivity contribution in [2.24, 2.45) is 11.7 Å². The van der Waals surface area contributed by atoms with E-state index in [1.165, 1.54) is 0 Å². The predicted molar refractivity (Wildman–Crippen MR) is 71.7 cm³/mol. The normalized spacial score (nSPS) is 19.6. The number of hydrogen-bond acceptors (Lipinski definition) is 2. The Kier molecular flexibility index (Phi) is 3.65. The van der Waals surface area contributed by atoms with Crippen LogP contribution in [0.4, 0.5) is 0 Å². The molecule has 0 bridgehead atoms. The number of piperidine rings is 1. The molecule has 0 saturated carbocycles. The third-order valence-corrected chi connectivity index (χ3v) is 3.45. The molecule has 1 amide bonds. The second-order valence-corrected chi connectivity index (χ2v) is 4.91. The molecule has 4 nitrogen and oxygen atoms in total. The van der Waals surface area contributed by atoms with Gasteiger partial charge in [0.2, 0.25) is 0 Å². The fourth-order valence-corrected chi connectivity index (χ4v) is 2.29. The third kappa shape index (κ3) is 2.70. The van der Waals surface area contributed by atoms with Crippen molar-refractivity contribution in [3.05, 3.63) is 35.4 Å². The number of hydrogen-bond donors (Lipinski definition) is 2. The number of amidine groups is 1. The molecular formula is C14H19N3O. The van der Waals surface area contributed by atoms with Crippen molar-refractivity contribution < 1.29 is 4.79 Å². The number of nitrogens with two attached hydrogens (primary N) is 1. The molecule has 96 valence electrons. The minimum absolute atomic E-state index is 0.0214. The number of aryl methyl sites for hydroxylation is 1. The highest BCUT2D eigenvalue weighted by atomic mass is 16.2. The van der Waals surface area contributed by atoms with E-state index in [1.54, 1.807) is 4.90 Å². The molecule has 0 spiro atoms. The fraction of sp³-hybridized carbons (Fsp3) is 0.429. The van der Waals surface area contributed by atoms with Gasteiger partial charge in [-0.1, -0.05) is 17.7 Å². The SMILES string of the molecule is Cc1ccc(C(=O)N2CCCC(C(=N)N)C2)cc1. The van der Waals surface area contributed by atoms with E-state index in [0.29, 0.717) is 12.1 Å². The van der Waals surface area contributed by atoms with Crippen LogP contribution < -0.4 is 5.73 Å². The van der Waals surface area contributed by atoms with Crippen molar-refractivity contribution in [2.75, 3.05) is 13.1 Å². The Morgan fingerprint density at radius 1 is 1.39 bits per heavy atom. The fourth-order valence-electron chi connectivity index (χ4n) is 2.29. The summed E-state index contributed by atoms with van der Waals surface area (Å²) >= 11 is 0. The summed E-state index contributed by atoms with van der Waals surface area (Å²) in [5.74, 6) is 0.255. The lowest BCUT2D eigenvalue weighted by atomic mass is 9.96. The topological polar surface area (TPSA) is 70.2 Å². The van der Waals surface area contributed by atoms with E-state index in [2.05, 4.69) is 0 Å². The zero-order chi connectivity index (χ0) is 13.1. The minimum atomic E-state index is 0.0214. The van der Waals surface area contributed by atoms with Crippen LogP contribution in [0.1, 0.15) is 28.8 Å². The molecule has 1 fully saturated rings. The van der Waals surface area contributed by atoms with Crippen molar-refractivity contribution >= 4 is 11.7 Å². The van der Waals surface area contributed by atoms with Gasteiger partial charge in [-0.2, -0.15) is 0 Å². The van der Waals surface area contributed by atoms with Crippen molar-refractivity contribution in [2.45, 2.75) is 19.8 Å². The van der Waals surface area contributed by atoms with Crippen LogP contribution in [0.5, 0.6) is 0 Å². The smallest absolute Gasteiger partial charge is 0.253 e. The number of benzene rings is 1. The molecular weight excluding hydrogens is 226 g/mol. The minimum Gasteiger partial charge on any atom is -0.387 e. The Morgan fingerprint density at radius 3 is 2.67 bits per heavy atom. The predicted octanol–water partition coefficient (Wildman–Crippen LogP) is 1.78. The van der Waals surface area contributed by atoms with E-state index in [-0.39, 0.29) is 17.7 Å². The molecule has 0 aliphatic carbocycles. The van der Waals surface area contributed by atoms with Crippen molar-refractivity contribution in [1.29, 1.82) is 5.41 Å². The van der Waals surface area contributed by atoms with E-state index in [1.807, 2.05) is 31.2 Å². The average Bonchev–Trinajstić information content (AvgIpc) is 2.39. The van der Waals surface area contributed by atoms with Crippen LogP contribution in [0, 0.1) is 18.3 Å². The number of nitrogens with zero attached hydrogens (tertiary/aromatic N) is 1. The molecule has 18 heavy (non-hydrogen) atoms. The second-order valence-electron chi connectivity index (χ2n) is 4.91. The molecule has 3 N–H and O–H groups in total. The van der Waals surface area contributed by atoms with E-state index in [0.717, 1.165) is 24.9 Å². The molecule has 1 aliphatic rings.